The summed E-state index contributed by atoms with van der Waals surface area (Å²) in [6.07, 6.45) is 17.4. The van der Waals surface area contributed by atoms with Gasteiger partial charge in [0, 0.05) is 61.6 Å². The van der Waals surface area contributed by atoms with Crippen LogP contribution < -0.4 is 4.90 Å². The van der Waals surface area contributed by atoms with Crippen LogP contribution in [0.4, 0.5) is 11.4 Å². The van der Waals surface area contributed by atoms with Crippen molar-refractivity contribution < 1.29 is 8.83 Å². The molecule has 11 rings (SSSR count). The van der Waals surface area contributed by atoms with Gasteiger partial charge in [-0.15, -0.1) is 0 Å². The average molecular weight is 698 g/mol. The van der Waals surface area contributed by atoms with E-state index in [-0.39, 0.29) is 5.41 Å². The van der Waals surface area contributed by atoms with Crippen molar-refractivity contribution in [2.24, 2.45) is 5.92 Å². The van der Waals surface area contributed by atoms with E-state index in [4.69, 9.17) is 8.83 Å². The number of nitrogens with zero attached hydrogens (tertiary/aromatic N) is 1. The second-order valence-electron chi connectivity index (χ2n) is 15.5. The highest BCUT2D eigenvalue weighted by Gasteiger charge is 2.36. The number of furan rings is 2. The van der Waals surface area contributed by atoms with Crippen LogP contribution in [0.5, 0.6) is 0 Å². The molecule has 3 heteroatoms. The van der Waals surface area contributed by atoms with Crippen molar-refractivity contribution in [3.63, 3.8) is 0 Å². The van der Waals surface area contributed by atoms with Gasteiger partial charge in [-0.2, -0.15) is 0 Å². The molecule has 0 radical (unpaired) electrons. The minimum Gasteiger partial charge on any atom is -0.456 e. The highest BCUT2D eigenvalue weighted by atomic mass is 16.3. The lowest BCUT2D eigenvalue weighted by Crippen LogP contribution is -2.20. The Labute approximate surface area is 314 Å². The first kappa shape index (κ1) is 31.2. The fraction of sp³-hybridized carbons (Fsp3) is 0.137. The predicted molar refractivity (Wildman–Crippen MR) is 224 cm³/mol. The number of hydrogen-bond acceptors (Lipinski definition) is 3. The van der Waals surface area contributed by atoms with Gasteiger partial charge in [-0.25, -0.2) is 0 Å². The van der Waals surface area contributed by atoms with Crippen molar-refractivity contribution in [3.8, 4) is 22.3 Å². The summed E-state index contributed by atoms with van der Waals surface area (Å²) >= 11 is 0. The molecule has 0 fully saturated rings. The number of anilines is 2. The maximum atomic E-state index is 7.00. The highest BCUT2D eigenvalue weighted by molar-refractivity contribution is 6.23. The molecule has 1 unspecified atom stereocenters. The summed E-state index contributed by atoms with van der Waals surface area (Å²) in [7, 11) is 0. The van der Waals surface area contributed by atoms with Crippen molar-refractivity contribution in [2.45, 2.75) is 38.5 Å². The Kier molecular flexibility index (Phi) is 6.85. The van der Waals surface area contributed by atoms with Crippen molar-refractivity contribution in [3.05, 3.63) is 180 Å². The zero-order valence-electron chi connectivity index (χ0n) is 30.5. The van der Waals surface area contributed by atoms with Crippen LogP contribution >= 0.6 is 0 Å². The van der Waals surface area contributed by atoms with Gasteiger partial charge < -0.3 is 13.7 Å². The van der Waals surface area contributed by atoms with Crippen molar-refractivity contribution >= 4 is 55.3 Å². The van der Waals surface area contributed by atoms with Crippen LogP contribution in [0.2, 0.25) is 0 Å². The average Bonchev–Trinajstić information content (AvgIpc) is 3.85. The number of rotatable bonds is 5. The normalized spacial score (nSPS) is 17.3. The number of hydrogen-bond donors (Lipinski definition) is 0. The third kappa shape index (κ3) is 4.67. The van der Waals surface area contributed by atoms with E-state index in [1.165, 1.54) is 33.5 Å². The van der Waals surface area contributed by atoms with Gasteiger partial charge in [0.15, 0.2) is 0 Å². The molecule has 54 heavy (non-hydrogen) atoms. The summed E-state index contributed by atoms with van der Waals surface area (Å²) in [6.45, 7) is 4.71. The Morgan fingerprint density at radius 2 is 1.41 bits per heavy atom. The second kappa shape index (κ2) is 11.8. The van der Waals surface area contributed by atoms with E-state index >= 15 is 0 Å². The quantitative estimate of drug-likeness (QED) is 0.179. The van der Waals surface area contributed by atoms with Crippen LogP contribution in [0.1, 0.15) is 44.2 Å². The molecule has 2 aromatic heterocycles. The molecular formula is C51H39NO2. The number of benzene rings is 6. The Hall–Kier alpha value is -6.32. The molecule has 0 spiro atoms. The molecule has 0 aliphatic heterocycles. The summed E-state index contributed by atoms with van der Waals surface area (Å²) in [5, 5.41) is 4.31. The molecule has 3 aliphatic carbocycles. The molecule has 0 amide bonds. The summed E-state index contributed by atoms with van der Waals surface area (Å²) < 4.78 is 13.5. The summed E-state index contributed by atoms with van der Waals surface area (Å²) in [4.78, 5) is 2.42. The molecule has 6 aromatic carbocycles. The van der Waals surface area contributed by atoms with Gasteiger partial charge in [-0.05, 0) is 95.1 Å². The number of para-hydroxylation sites is 1. The molecule has 0 saturated carbocycles. The number of fused-ring (bicyclic) bond motifs is 9. The fourth-order valence-corrected chi connectivity index (χ4v) is 9.33. The molecular weight excluding hydrogens is 659 g/mol. The van der Waals surface area contributed by atoms with Gasteiger partial charge in [-0.3, -0.25) is 0 Å². The maximum Gasteiger partial charge on any atom is 0.144 e. The molecule has 0 saturated heterocycles. The van der Waals surface area contributed by atoms with Gasteiger partial charge >= 0.3 is 0 Å². The smallest absolute Gasteiger partial charge is 0.144 e. The van der Waals surface area contributed by atoms with Crippen LogP contribution in [-0.2, 0) is 5.41 Å². The summed E-state index contributed by atoms with van der Waals surface area (Å²) in [5.41, 5.74) is 15.8. The van der Waals surface area contributed by atoms with E-state index in [0.29, 0.717) is 5.92 Å². The maximum absolute atomic E-state index is 7.00. The molecule has 2 heterocycles. The minimum absolute atomic E-state index is 0.104. The van der Waals surface area contributed by atoms with Gasteiger partial charge in [0.1, 0.15) is 22.3 Å². The zero-order chi connectivity index (χ0) is 36.0. The Bertz CT molecular complexity index is 2950. The molecule has 3 aliphatic rings. The zero-order valence-corrected chi connectivity index (χ0v) is 30.5. The lowest BCUT2D eigenvalue weighted by atomic mass is 9.82. The SMILES string of the molecule is CC1(C)c2ccccc2-c2ccc(N(C3=CCC(C4=CCCC=C4)C=C3)c3ccc4c(c3)oc3c(-c5ccccc5)c5c(cc34)oc3ccccc35)cc21. The van der Waals surface area contributed by atoms with Crippen molar-refractivity contribution in [2.75, 3.05) is 4.90 Å². The molecule has 260 valence electrons. The van der Waals surface area contributed by atoms with Crippen LogP contribution in [0, 0.1) is 5.92 Å². The topological polar surface area (TPSA) is 29.5 Å². The standard InChI is InChI=1S/C51H39NO2/c1-51(2)43-19-11-9-17-38(43)39-27-25-36(29-44(39)51)52(35-23-21-33(22-24-35)32-13-5-3-6-14-32)37-26-28-40-42-31-47-49(41-18-10-12-20-45(41)53-47)48(34-15-7-4-8-16-34)50(42)54-46(40)30-37/h4-5,7-21,23-31,33H,3,6,22H2,1-2H3. The summed E-state index contributed by atoms with van der Waals surface area (Å²) in [5.74, 6) is 0.393. The lowest BCUT2D eigenvalue weighted by molar-refractivity contribution is 0.660. The van der Waals surface area contributed by atoms with Crippen molar-refractivity contribution in [1.29, 1.82) is 0 Å². The Morgan fingerprint density at radius 1 is 0.611 bits per heavy atom. The van der Waals surface area contributed by atoms with Gasteiger partial charge in [-0.1, -0.05) is 123 Å². The molecule has 0 N–H and O–H groups in total. The molecule has 0 bridgehead atoms. The van der Waals surface area contributed by atoms with Crippen LogP contribution in [0.3, 0.4) is 0 Å². The van der Waals surface area contributed by atoms with E-state index in [9.17, 15) is 0 Å². The third-order valence-electron chi connectivity index (χ3n) is 12.0. The van der Waals surface area contributed by atoms with Crippen LogP contribution in [-0.4, -0.2) is 0 Å². The van der Waals surface area contributed by atoms with Gasteiger partial charge in [0.2, 0.25) is 0 Å². The van der Waals surface area contributed by atoms with Crippen LogP contribution in [0.15, 0.2) is 178 Å². The monoisotopic (exact) mass is 697 g/mol. The molecule has 3 nitrogen and oxygen atoms in total. The van der Waals surface area contributed by atoms with Gasteiger partial charge in [0.05, 0.1) is 0 Å². The first-order chi connectivity index (χ1) is 26.5. The molecule has 8 aromatic rings. The largest absolute Gasteiger partial charge is 0.456 e. The second-order valence-corrected chi connectivity index (χ2v) is 15.5. The fourth-order valence-electron chi connectivity index (χ4n) is 9.33. The number of allylic oxidation sites excluding steroid dienone is 7. The summed E-state index contributed by atoms with van der Waals surface area (Å²) in [6, 6.07) is 43.6. The first-order valence-corrected chi connectivity index (χ1v) is 19.2. The first-order valence-electron chi connectivity index (χ1n) is 19.2. The van der Waals surface area contributed by atoms with E-state index in [0.717, 1.165) is 85.6 Å². The van der Waals surface area contributed by atoms with E-state index in [1.807, 2.05) is 12.1 Å². The predicted octanol–water partition coefficient (Wildman–Crippen LogP) is 14.3. The van der Waals surface area contributed by atoms with E-state index < -0.39 is 0 Å². The Morgan fingerprint density at radius 3 is 2.26 bits per heavy atom. The lowest BCUT2D eigenvalue weighted by Gasteiger charge is -2.31. The minimum atomic E-state index is -0.104. The van der Waals surface area contributed by atoms with Crippen LogP contribution in [0.25, 0.3) is 66.1 Å². The third-order valence-corrected chi connectivity index (χ3v) is 12.0. The Balaban J connectivity index is 1.10. The van der Waals surface area contributed by atoms with Crippen molar-refractivity contribution in [1.82, 2.24) is 0 Å². The van der Waals surface area contributed by atoms with Gasteiger partial charge in [0.25, 0.3) is 0 Å². The van der Waals surface area contributed by atoms with E-state index in [2.05, 4.69) is 164 Å². The van der Waals surface area contributed by atoms with E-state index in [1.54, 1.807) is 0 Å². The molecule has 1 atom stereocenters. The highest BCUT2D eigenvalue weighted by Crippen LogP contribution is 2.51.